The van der Waals surface area contributed by atoms with Gasteiger partial charge in [0, 0.05) is 12.8 Å². The molecule has 0 radical (unpaired) electrons. The van der Waals surface area contributed by atoms with Gasteiger partial charge in [0.1, 0.15) is 0 Å². The average molecular weight is 959 g/mol. The molecule has 6 heteroatoms. The first kappa shape index (κ1) is 66.3. The van der Waals surface area contributed by atoms with Crippen LogP contribution in [0.15, 0.2) is 24.3 Å². The van der Waals surface area contributed by atoms with Crippen molar-refractivity contribution < 1.29 is 24.5 Å². The van der Waals surface area contributed by atoms with E-state index < -0.39 is 12.1 Å². The molecule has 1 amide bonds. The summed E-state index contributed by atoms with van der Waals surface area (Å²) in [4.78, 5) is 24.5. The third-order valence-electron chi connectivity index (χ3n) is 14.2. The lowest BCUT2D eigenvalue weighted by Crippen LogP contribution is -2.45. The van der Waals surface area contributed by atoms with Crippen molar-refractivity contribution in [3.05, 3.63) is 24.3 Å². The van der Waals surface area contributed by atoms with Gasteiger partial charge in [-0.2, -0.15) is 0 Å². The molecule has 0 saturated heterocycles. The Bertz CT molecular complexity index is 1060. The topological polar surface area (TPSA) is 95.9 Å². The van der Waals surface area contributed by atoms with Crippen LogP contribution in [0.2, 0.25) is 0 Å². The number of aliphatic hydroxyl groups is 2. The fraction of sp³-hybridized carbons (Fsp3) is 0.903. The first-order chi connectivity index (χ1) is 33.5. The first-order valence-electron chi connectivity index (χ1n) is 30.6. The zero-order valence-corrected chi connectivity index (χ0v) is 45.9. The van der Waals surface area contributed by atoms with Gasteiger partial charge in [0.15, 0.2) is 0 Å². The Morgan fingerprint density at radius 3 is 1.04 bits per heavy atom. The predicted octanol–water partition coefficient (Wildman–Crippen LogP) is 19.0. The molecule has 0 aromatic heterocycles. The van der Waals surface area contributed by atoms with E-state index in [1.54, 1.807) is 6.08 Å². The number of allylic oxidation sites excluding steroid dienone is 3. The molecule has 2 unspecified atom stereocenters. The lowest BCUT2D eigenvalue weighted by Gasteiger charge is -2.20. The molecule has 3 N–H and O–H groups in total. The molecular formula is C62H119NO5. The number of carbonyl (C=O) groups excluding carboxylic acids is 2. The fourth-order valence-corrected chi connectivity index (χ4v) is 9.51. The monoisotopic (exact) mass is 958 g/mol. The fourth-order valence-electron chi connectivity index (χ4n) is 9.51. The second-order valence-corrected chi connectivity index (χ2v) is 21.0. The number of carbonyl (C=O) groups is 2. The molecule has 2 atom stereocenters. The third kappa shape index (κ3) is 53.7. The normalized spacial score (nSPS) is 12.7. The van der Waals surface area contributed by atoms with Gasteiger partial charge in [-0.1, -0.05) is 289 Å². The van der Waals surface area contributed by atoms with Gasteiger partial charge >= 0.3 is 5.97 Å². The molecule has 0 aromatic rings. The maximum Gasteiger partial charge on any atom is 0.305 e. The second kappa shape index (κ2) is 57.9. The number of hydrogen-bond donors (Lipinski definition) is 3. The smallest absolute Gasteiger partial charge is 0.305 e. The number of rotatable bonds is 57. The summed E-state index contributed by atoms with van der Waals surface area (Å²) in [5, 5.41) is 23.2. The van der Waals surface area contributed by atoms with E-state index >= 15 is 0 Å². The van der Waals surface area contributed by atoms with Gasteiger partial charge in [0.2, 0.25) is 5.91 Å². The van der Waals surface area contributed by atoms with Crippen LogP contribution >= 0.6 is 0 Å². The molecule has 0 heterocycles. The number of hydrogen-bond acceptors (Lipinski definition) is 5. The number of esters is 1. The minimum atomic E-state index is -0.850. The van der Waals surface area contributed by atoms with Crippen LogP contribution in [0, 0.1) is 0 Å². The largest absolute Gasteiger partial charge is 0.466 e. The van der Waals surface area contributed by atoms with Crippen LogP contribution in [-0.2, 0) is 14.3 Å². The molecule has 0 aliphatic rings. The van der Waals surface area contributed by atoms with Crippen LogP contribution < -0.4 is 5.32 Å². The summed E-state index contributed by atoms with van der Waals surface area (Å²) in [6.45, 7) is 4.91. The Kier molecular flexibility index (Phi) is 56.5. The van der Waals surface area contributed by atoms with E-state index in [1.807, 2.05) is 6.08 Å². The first-order valence-corrected chi connectivity index (χ1v) is 30.6. The van der Waals surface area contributed by atoms with E-state index in [2.05, 4.69) is 31.3 Å². The average Bonchev–Trinajstić information content (AvgIpc) is 3.34. The van der Waals surface area contributed by atoms with E-state index in [0.29, 0.717) is 19.4 Å². The zero-order valence-electron chi connectivity index (χ0n) is 45.9. The molecule has 68 heavy (non-hydrogen) atoms. The molecule has 0 aliphatic heterocycles. The second-order valence-electron chi connectivity index (χ2n) is 21.0. The van der Waals surface area contributed by atoms with E-state index in [0.717, 1.165) is 44.9 Å². The predicted molar refractivity (Wildman–Crippen MR) is 296 cm³/mol. The minimum Gasteiger partial charge on any atom is -0.466 e. The van der Waals surface area contributed by atoms with Crippen LogP contribution in [0.4, 0.5) is 0 Å². The Balaban J connectivity index is 3.46. The highest BCUT2D eigenvalue weighted by Crippen LogP contribution is 2.17. The van der Waals surface area contributed by atoms with Gasteiger partial charge in [-0.05, 0) is 57.8 Å². The molecule has 0 bridgehead atoms. The maximum atomic E-state index is 12.5. The Morgan fingerprint density at radius 2 is 0.691 bits per heavy atom. The molecule has 0 spiro atoms. The van der Waals surface area contributed by atoms with Crippen molar-refractivity contribution in [3.63, 3.8) is 0 Å². The number of ether oxygens (including phenoxy) is 1. The molecule has 0 saturated carbocycles. The van der Waals surface area contributed by atoms with Gasteiger partial charge in [-0.3, -0.25) is 9.59 Å². The zero-order chi connectivity index (χ0) is 49.3. The number of amides is 1. The van der Waals surface area contributed by atoms with E-state index in [-0.39, 0.29) is 18.5 Å². The molecule has 0 rings (SSSR count). The molecule has 0 fully saturated rings. The van der Waals surface area contributed by atoms with Gasteiger partial charge in [-0.25, -0.2) is 0 Å². The van der Waals surface area contributed by atoms with Crippen molar-refractivity contribution in [2.24, 2.45) is 0 Å². The summed E-state index contributed by atoms with van der Waals surface area (Å²) in [6.07, 6.45) is 70.7. The minimum absolute atomic E-state index is 0.00655. The van der Waals surface area contributed by atoms with Crippen molar-refractivity contribution in [3.8, 4) is 0 Å². The van der Waals surface area contributed by atoms with Gasteiger partial charge < -0.3 is 20.3 Å². The summed E-state index contributed by atoms with van der Waals surface area (Å²) in [5.41, 5.74) is 0. The SMILES string of the molecule is CCCCCCCCCCCCCCCCCCC/C=C/C(O)C(CO)NC(=O)CCCCCCCCC/C=C\CCCCCCCCCCCOC(=O)CCCCCCCCCCCCCC. The molecule has 402 valence electrons. The summed E-state index contributed by atoms with van der Waals surface area (Å²) in [7, 11) is 0. The van der Waals surface area contributed by atoms with E-state index in [1.165, 1.54) is 263 Å². The third-order valence-corrected chi connectivity index (χ3v) is 14.2. The lowest BCUT2D eigenvalue weighted by molar-refractivity contribution is -0.143. The highest BCUT2D eigenvalue weighted by molar-refractivity contribution is 5.76. The van der Waals surface area contributed by atoms with E-state index in [4.69, 9.17) is 4.74 Å². The highest BCUT2D eigenvalue weighted by Gasteiger charge is 2.18. The standard InChI is InChI=1S/C62H119NO5/c1-3-5-7-9-11-13-15-17-18-19-22-25-28-31-34-38-42-46-50-54-60(65)59(58-64)63-61(66)55-51-47-43-39-35-32-29-26-23-20-21-24-27-30-33-37-41-45-49-53-57-68-62(67)56-52-48-44-40-36-16-14-12-10-8-6-4-2/h20,23,50,54,59-60,64-65H,3-19,21-22,24-49,51-53,55-58H2,1-2H3,(H,63,66)/b23-20-,54-50+. The van der Waals surface area contributed by atoms with Crippen LogP contribution in [0.25, 0.3) is 0 Å². The molecule has 6 nitrogen and oxygen atoms in total. The van der Waals surface area contributed by atoms with Crippen molar-refractivity contribution in [2.75, 3.05) is 13.2 Å². The van der Waals surface area contributed by atoms with Gasteiger partial charge in [0.25, 0.3) is 0 Å². The lowest BCUT2D eigenvalue weighted by atomic mass is 10.0. The number of unbranched alkanes of at least 4 members (excludes halogenated alkanes) is 44. The van der Waals surface area contributed by atoms with Crippen molar-refractivity contribution in [2.45, 2.75) is 347 Å². The van der Waals surface area contributed by atoms with Crippen molar-refractivity contribution >= 4 is 11.9 Å². The summed E-state index contributed by atoms with van der Waals surface area (Å²) in [5.74, 6) is -0.0675. The number of aliphatic hydroxyl groups excluding tert-OH is 2. The van der Waals surface area contributed by atoms with Crippen molar-refractivity contribution in [1.29, 1.82) is 0 Å². The van der Waals surface area contributed by atoms with Crippen LogP contribution in [0.3, 0.4) is 0 Å². The van der Waals surface area contributed by atoms with Gasteiger partial charge in [0.05, 0.1) is 25.4 Å². The molecular weight excluding hydrogens is 839 g/mol. The Labute approximate surface area is 424 Å². The summed E-state index contributed by atoms with van der Waals surface area (Å²) >= 11 is 0. The Hall–Kier alpha value is -1.66. The van der Waals surface area contributed by atoms with E-state index in [9.17, 15) is 19.8 Å². The highest BCUT2D eigenvalue weighted by atomic mass is 16.5. The van der Waals surface area contributed by atoms with Gasteiger partial charge in [-0.15, -0.1) is 0 Å². The van der Waals surface area contributed by atoms with Crippen LogP contribution in [-0.4, -0.2) is 47.4 Å². The Morgan fingerprint density at radius 1 is 0.397 bits per heavy atom. The summed E-state index contributed by atoms with van der Waals surface area (Å²) in [6, 6.07) is -0.634. The molecule has 0 aromatic carbocycles. The summed E-state index contributed by atoms with van der Waals surface area (Å²) < 4.78 is 5.47. The van der Waals surface area contributed by atoms with Crippen LogP contribution in [0.5, 0.6) is 0 Å². The molecule has 0 aliphatic carbocycles. The maximum absolute atomic E-state index is 12.5. The van der Waals surface area contributed by atoms with Crippen LogP contribution in [0.1, 0.15) is 335 Å². The quantitative estimate of drug-likeness (QED) is 0.0321. The number of nitrogens with one attached hydrogen (secondary N) is 1. The van der Waals surface area contributed by atoms with Crippen molar-refractivity contribution in [1.82, 2.24) is 5.32 Å².